The Kier molecular flexibility index (Phi) is 6.33. The summed E-state index contributed by atoms with van der Waals surface area (Å²) in [7, 11) is 0. The maximum absolute atomic E-state index is 13.2. The van der Waals surface area contributed by atoms with Gasteiger partial charge in [0.15, 0.2) is 5.11 Å². The Morgan fingerprint density at radius 1 is 1.12 bits per heavy atom. The molecule has 0 unspecified atom stereocenters. The van der Waals surface area contributed by atoms with Gasteiger partial charge in [-0.2, -0.15) is 0 Å². The topological polar surface area (TPSA) is 27.3 Å². The first-order valence-corrected chi connectivity index (χ1v) is 9.69. The van der Waals surface area contributed by atoms with Gasteiger partial charge < -0.3 is 15.5 Å². The normalized spacial score (nSPS) is 15.4. The van der Waals surface area contributed by atoms with Crippen molar-refractivity contribution in [2.75, 3.05) is 23.3 Å². The molecule has 0 aliphatic carbocycles. The summed E-state index contributed by atoms with van der Waals surface area (Å²) >= 11 is 11.1. The number of rotatable bonds is 4. The van der Waals surface area contributed by atoms with Crippen molar-refractivity contribution in [2.45, 2.75) is 32.2 Å². The lowest BCUT2D eigenvalue weighted by molar-refractivity contribution is 0.577. The third-order valence-corrected chi connectivity index (χ3v) is 5.15. The molecule has 3 nitrogen and oxygen atoms in total. The Hall–Kier alpha value is -1.85. The molecule has 2 N–H and O–H groups in total. The lowest BCUT2D eigenvalue weighted by atomic mass is 10.1. The largest absolute Gasteiger partial charge is 0.372 e. The molecule has 26 heavy (non-hydrogen) atoms. The van der Waals surface area contributed by atoms with Gasteiger partial charge >= 0.3 is 0 Å². The number of benzene rings is 2. The molecule has 2 aromatic rings. The molecule has 0 bridgehead atoms. The zero-order valence-electron chi connectivity index (χ0n) is 14.8. The molecule has 138 valence electrons. The van der Waals surface area contributed by atoms with Crippen LogP contribution in [0, 0.1) is 5.82 Å². The Labute approximate surface area is 164 Å². The third kappa shape index (κ3) is 4.86. The van der Waals surface area contributed by atoms with Gasteiger partial charge in [-0.05, 0) is 74.3 Å². The van der Waals surface area contributed by atoms with Gasteiger partial charge in [0.25, 0.3) is 0 Å². The Morgan fingerprint density at radius 3 is 2.46 bits per heavy atom. The summed E-state index contributed by atoms with van der Waals surface area (Å²) in [5.41, 5.74) is 3.09. The van der Waals surface area contributed by atoms with Crippen molar-refractivity contribution in [1.82, 2.24) is 5.32 Å². The Bertz CT molecular complexity index is 760. The van der Waals surface area contributed by atoms with Crippen molar-refractivity contribution < 1.29 is 4.39 Å². The van der Waals surface area contributed by atoms with E-state index in [2.05, 4.69) is 46.7 Å². The maximum atomic E-state index is 13.2. The number of hydrogen-bond acceptors (Lipinski definition) is 2. The molecule has 0 amide bonds. The molecular formula is C20H23ClFN3S. The van der Waals surface area contributed by atoms with Crippen molar-refractivity contribution in [3.8, 4) is 0 Å². The number of piperidine rings is 1. The van der Waals surface area contributed by atoms with E-state index in [4.69, 9.17) is 23.8 Å². The summed E-state index contributed by atoms with van der Waals surface area (Å²) in [6, 6.07) is 13.1. The molecule has 1 heterocycles. The van der Waals surface area contributed by atoms with Crippen LogP contribution in [0.4, 0.5) is 15.8 Å². The fraction of sp³-hybridized carbons (Fsp3) is 0.350. The number of nitrogens with one attached hydrogen (secondary N) is 2. The SMILES string of the molecule is C[C@@H](NC(=S)Nc1ccc(F)c(Cl)c1)c1ccc(N2CCCCC2)cc1. The van der Waals surface area contributed by atoms with Crippen molar-refractivity contribution in [3.63, 3.8) is 0 Å². The molecule has 1 saturated heterocycles. The highest BCUT2D eigenvalue weighted by molar-refractivity contribution is 7.80. The van der Waals surface area contributed by atoms with Gasteiger partial charge in [-0.1, -0.05) is 23.7 Å². The molecule has 1 atom stereocenters. The van der Waals surface area contributed by atoms with Crippen LogP contribution in [-0.4, -0.2) is 18.2 Å². The standard InChI is InChI=1S/C20H23ClFN3S/c1-14(23-20(26)24-16-7-10-19(22)18(21)13-16)15-5-8-17(9-6-15)25-11-3-2-4-12-25/h5-10,13-14H,2-4,11-12H2,1H3,(H2,23,24,26)/t14-/m1/s1. The van der Waals surface area contributed by atoms with E-state index in [1.54, 1.807) is 6.07 Å². The van der Waals surface area contributed by atoms with Crippen LogP contribution in [0.1, 0.15) is 37.8 Å². The van der Waals surface area contributed by atoms with Crippen molar-refractivity contribution in [3.05, 3.63) is 58.9 Å². The zero-order chi connectivity index (χ0) is 18.5. The van der Waals surface area contributed by atoms with E-state index in [0.29, 0.717) is 10.8 Å². The predicted molar refractivity (Wildman–Crippen MR) is 112 cm³/mol. The van der Waals surface area contributed by atoms with Crippen LogP contribution < -0.4 is 15.5 Å². The van der Waals surface area contributed by atoms with E-state index in [1.807, 2.05) is 0 Å². The first-order valence-electron chi connectivity index (χ1n) is 8.90. The highest BCUT2D eigenvalue weighted by atomic mass is 35.5. The van der Waals surface area contributed by atoms with E-state index >= 15 is 0 Å². The second kappa shape index (κ2) is 8.69. The van der Waals surface area contributed by atoms with Crippen LogP contribution in [-0.2, 0) is 0 Å². The Balaban J connectivity index is 1.57. The summed E-state index contributed by atoms with van der Waals surface area (Å²) in [4.78, 5) is 2.44. The molecule has 0 saturated carbocycles. The predicted octanol–water partition coefficient (Wildman–Crippen LogP) is 5.52. The van der Waals surface area contributed by atoms with Crippen LogP contribution in [0.2, 0.25) is 5.02 Å². The summed E-state index contributed by atoms with van der Waals surface area (Å²) in [6.07, 6.45) is 3.87. The first kappa shape index (κ1) is 18.9. The lowest BCUT2D eigenvalue weighted by Crippen LogP contribution is -2.31. The monoisotopic (exact) mass is 391 g/mol. The van der Waals surface area contributed by atoms with Crippen molar-refractivity contribution >= 4 is 40.3 Å². The van der Waals surface area contributed by atoms with Crippen LogP contribution >= 0.6 is 23.8 Å². The average molecular weight is 392 g/mol. The van der Waals surface area contributed by atoms with E-state index in [-0.39, 0.29) is 11.1 Å². The van der Waals surface area contributed by atoms with Crippen LogP contribution in [0.5, 0.6) is 0 Å². The second-order valence-electron chi connectivity index (χ2n) is 6.59. The van der Waals surface area contributed by atoms with Gasteiger partial charge in [-0.3, -0.25) is 0 Å². The minimum atomic E-state index is -0.446. The molecule has 3 rings (SSSR count). The van der Waals surface area contributed by atoms with E-state index in [9.17, 15) is 4.39 Å². The minimum absolute atomic E-state index is 0.0568. The molecule has 6 heteroatoms. The number of halogens is 2. The number of thiocarbonyl (C=S) groups is 1. The van der Waals surface area contributed by atoms with Gasteiger partial charge in [0.1, 0.15) is 5.82 Å². The molecule has 1 aliphatic heterocycles. The zero-order valence-corrected chi connectivity index (χ0v) is 16.3. The summed E-state index contributed by atoms with van der Waals surface area (Å²) < 4.78 is 13.2. The van der Waals surface area contributed by atoms with Crippen LogP contribution in [0.15, 0.2) is 42.5 Å². The highest BCUT2D eigenvalue weighted by Gasteiger charge is 2.12. The second-order valence-corrected chi connectivity index (χ2v) is 7.40. The summed E-state index contributed by atoms with van der Waals surface area (Å²) in [5, 5.41) is 6.82. The van der Waals surface area contributed by atoms with Gasteiger partial charge in [-0.25, -0.2) is 4.39 Å². The highest BCUT2D eigenvalue weighted by Crippen LogP contribution is 2.23. The molecule has 0 spiro atoms. The van der Waals surface area contributed by atoms with E-state index in [1.165, 1.54) is 37.1 Å². The van der Waals surface area contributed by atoms with Gasteiger partial charge in [-0.15, -0.1) is 0 Å². The maximum Gasteiger partial charge on any atom is 0.171 e. The minimum Gasteiger partial charge on any atom is -0.372 e. The number of anilines is 2. The molecule has 1 fully saturated rings. The quantitative estimate of drug-likeness (QED) is 0.671. The fourth-order valence-electron chi connectivity index (χ4n) is 3.15. The van der Waals surface area contributed by atoms with E-state index < -0.39 is 5.82 Å². The van der Waals surface area contributed by atoms with Gasteiger partial charge in [0.2, 0.25) is 0 Å². The van der Waals surface area contributed by atoms with Crippen molar-refractivity contribution in [2.24, 2.45) is 0 Å². The molecule has 1 aliphatic rings. The lowest BCUT2D eigenvalue weighted by Gasteiger charge is -2.29. The van der Waals surface area contributed by atoms with Gasteiger partial charge in [0, 0.05) is 24.5 Å². The number of nitrogens with zero attached hydrogens (tertiary/aromatic N) is 1. The van der Waals surface area contributed by atoms with Crippen LogP contribution in [0.25, 0.3) is 0 Å². The first-order chi connectivity index (χ1) is 12.5. The van der Waals surface area contributed by atoms with Gasteiger partial charge in [0.05, 0.1) is 11.1 Å². The van der Waals surface area contributed by atoms with E-state index in [0.717, 1.165) is 18.7 Å². The molecule has 2 aromatic carbocycles. The average Bonchev–Trinajstić information content (AvgIpc) is 2.65. The molecule has 0 aromatic heterocycles. The van der Waals surface area contributed by atoms with Crippen LogP contribution in [0.3, 0.4) is 0 Å². The van der Waals surface area contributed by atoms with Crippen molar-refractivity contribution in [1.29, 1.82) is 0 Å². The molecule has 0 radical (unpaired) electrons. The Morgan fingerprint density at radius 2 is 1.81 bits per heavy atom. The summed E-state index contributed by atoms with van der Waals surface area (Å²) in [5.74, 6) is -0.446. The fourth-order valence-corrected chi connectivity index (χ4v) is 3.62. The molecular weight excluding hydrogens is 369 g/mol. The smallest absolute Gasteiger partial charge is 0.171 e. The number of hydrogen-bond donors (Lipinski definition) is 2. The third-order valence-electron chi connectivity index (χ3n) is 4.64. The summed E-state index contributed by atoms with van der Waals surface area (Å²) in [6.45, 7) is 4.34.